The molecule has 110 valence electrons. The van der Waals surface area contributed by atoms with Crippen LogP contribution in [0.4, 0.5) is 0 Å². The van der Waals surface area contributed by atoms with Crippen molar-refractivity contribution in [3.63, 3.8) is 0 Å². The highest BCUT2D eigenvalue weighted by atomic mass is 16.6. The van der Waals surface area contributed by atoms with Gasteiger partial charge in [-0.2, -0.15) is 5.26 Å². The van der Waals surface area contributed by atoms with Crippen LogP contribution in [0.5, 0.6) is 5.75 Å². The molecule has 0 aromatic heterocycles. The number of benzene rings is 1. The lowest BCUT2D eigenvalue weighted by Crippen LogP contribution is -2.48. The molecule has 1 heterocycles. The SMILES string of the molecule is COc1ccc(B2OC(CC#N)CC(CC(=O)O)O2)cc1. The number of nitriles is 1. The van der Waals surface area contributed by atoms with Crippen molar-refractivity contribution in [3.05, 3.63) is 24.3 Å². The van der Waals surface area contributed by atoms with Crippen molar-refractivity contribution in [2.24, 2.45) is 0 Å². The molecule has 1 aliphatic heterocycles. The average Bonchev–Trinajstić information content (AvgIpc) is 2.47. The zero-order chi connectivity index (χ0) is 15.2. The van der Waals surface area contributed by atoms with Crippen molar-refractivity contribution >= 4 is 18.6 Å². The van der Waals surface area contributed by atoms with E-state index in [9.17, 15) is 4.79 Å². The molecule has 2 unspecified atom stereocenters. The van der Waals surface area contributed by atoms with E-state index in [1.165, 1.54) is 0 Å². The number of nitrogens with zero attached hydrogens (tertiary/aromatic N) is 1. The third kappa shape index (κ3) is 4.21. The Kier molecular flexibility index (Phi) is 5.20. The largest absolute Gasteiger partial charge is 0.497 e. The lowest BCUT2D eigenvalue weighted by molar-refractivity contribution is -0.139. The Bertz CT molecular complexity index is 527. The molecular weight excluding hydrogens is 273 g/mol. The van der Waals surface area contributed by atoms with Crippen LogP contribution in [-0.2, 0) is 14.1 Å². The first-order valence-electron chi connectivity index (χ1n) is 6.66. The summed E-state index contributed by atoms with van der Waals surface area (Å²) in [6.45, 7) is 0. The highest BCUT2D eigenvalue weighted by Crippen LogP contribution is 2.21. The van der Waals surface area contributed by atoms with Crippen LogP contribution in [-0.4, -0.2) is 37.5 Å². The van der Waals surface area contributed by atoms with Crippen LogP contribution in [0.2, 0.25) is 0 Å². The lowest BCUT2D eigenvalue weighted by Gasteiger charge is -2.32. The summed E-state index contributed by atoms with van der Waals surface area (Å²) >= 11 is 0. The van der Waals surface area contributed by atoms with Crippen LogP contribution in [0.25, 0.3) is 0 Å². The second-order valence-electron chi connectivity index (χ2n) is 4.82. The van der Waals surface area contributed by atoms with Crippen LogP contribution in [0, 0.1) is 11.3 Å². The lowest BCUT2D eigenvalue weighted by atomic mass is 9.76. The van der Waals surface area contributed by atoms with E-state index in [0.29, 0.717) is 12.2 Å². The Balaban J connectivity index is 2.12. The van der Waals surface area contributed by atoms with Crippen molar-refractivity contribution in [2.45, 2.75) is 31.5 Å². The number of carboxylic acid groups (broad SMARTS) is 1. The van der Waals surface area contributed by atoms with Gasteiger partial charge < -0.3 is 19.2 Å². The van der Waals surface area contributed by atoms with Gasteiger partial charge in [-0.1, -0.05) is 12.1 Å². The normalized spacial score (nSPS) is 21.6. The van der Waals surface area contributed by atoms with Crippen LogP contribution < -0.4 is 10.2 Å². The molecule has 2 rings (SSSR count). The molecule has 1 aliphatic rings. The molecule has 0 saturated carbocycles. The Hall–Kier alpha value is -2.04. The zero-order valence-corrected chi connectivity index (χ0v) is 11.7. The zero-order valence-electron chi connectivity index (χ0n) is 11.7. The smallest absolute Gasteiger partial charge is 0.494 e. The van der Waals surface area contributed by atoms with E-state index in [2.05, 4.69) is 6.07 Å². The van der Waals surface area contributed by atoms with Crippen LogP contribution in [0.1, 0.15) is 19.3 Å². The summed E-state index contributed by atoms with van der Waals surface area (Å²) in [4.78, 5) is 10.9. The van der Waals surface area contributed by atoms with Gasteiger partial charge in [-0.3, -0.25) is 4.79 Å². The Morgan fingerprint density at radius 1 is 1.43 bits per heavy atom. The number of methoxy groups -OCH3 is 1. The minimum atomic E-state index is -0.925. The van der Waals surface area contributed by atoms with E-state index in [1.54, 1.807) is 31.4 Å². The molecule has 6 nitrogen and oxygen atoms in total. The van der Waals surface area contributed by atoms with Crippen LogP contribution in [0.3, 0.4) is 0 Å². The van der Waals surface area contributed by atoms with E-state index < -0.39 is 19.2 Å². The molecule has 0 spiro atoms. The first-order chi connectivity index (χ1) is 10.1. The Morgan fingerprint density at radius 2 is 2.10 bits per heavy atom. The molecule has 0 amide bonds. The molecule has 7 heteroatoms. The van der Waals surface area contributed by atoms with Crippen LogP contribution >= 0.6 is 0 Å². The summed E-state index contributed by atoms with van der Waals surface area (Å²) < 4.78 is 16.5. The minimum Gasteiger partial charge on any atom is -0.497 e. The number of hydrogen-bond acceptors (Lipinski definition) is 5. The van der Waals surface area contributed by atoms with E-state index >= 15 is 0 Å². The maximum absolute atomic E-state index is 10.9. The molecule has 2 atom stereocenters. The summed E-state index contributed by atoms with van der Waals surface area (Å²) in [6, 6.07) is 9.22. The number of aliphatic carboxylic acids is 1. The predicted octanol–water partition coefficient (Wildman–Crippen LogP) is 0.953. The molecular formula is C14H16BNO5. The molecule has 1 aromatic carbocycles. The van der Waals surface area contributed by atoms with E-state index in [1.807, 2.05) is 0 Å². The second-order valence-corrected chi connectivity index (χ2v) is 4.82. The standard InChI is InChI=1S/C14H16BNO5/c1-19-11-4-2-10(3-5-11)15-20-12(6-7-16)8-13(21-15)9-14(17)18/h2-5,12-13H,6,8-9H2,1H3,(H,17,18). The summed E-state index contributed by atoms with van der Waals surface area (Å²) in [5.41, 5.74) is 0.772. The molecule has 1 aromatic rings. The van der Waals surface area contributed by atoms with Gasteiger partial charge in [0.15, 0.2) is 0 Å². The molecule has 1 saturated heterocycles. The van der Waals surface area contributed by atoms with Crippen molar-refractivity contribution in [1.29, 1.82) is 5.26 Å². The molecule has 1 fully saturated rings. The summed E-state index contributed by atoms with van der Waals surface area (Å²) in [7, 11) is 0.918. The molecule has 0 aliphatic carbocycles. The van der Waals surface area contributed by atoms with Gasteiger partial charge in [0.2, 0.25) is 0 Å². The van der Waals surface area contributed by atoms with Gasteiger partial charge in [0.1, 0.15) is 5.75 Å². The fraction of sp³-hybridized carbons (Fsp3) is 0.429. The van der Waals surface area contributed by atoms with Crippen molar-refractivity contribution in [3.8, 4) is 11.8 Å². The van der Waals surface area contributed by atoms with Crippen LogP contribution in [0.15, 0.2) is 24.3 Å². The van der Waals surface area contributed by atoms with E-state index in [4.69, 9.17) is 24.4 Å². The number of hydrogen-bond donors (Lipinski definition) is 1. The number of carbonyl (C=O) groups is 1. The maximum Gasteiger partial charge on any atom is 0.494 e. The predicted molar refractivity (Wildman–Crippen MR) is 75.2 cm³/mol. The van der Waals surface area contributed by atoms with Gasteiger partial charge in [-0.25, -0.2) is 0 Å². The van der Waals surface area contributed by atoms with E-state index in [-0.39, 0.29) is 18.9 Å². The third-order valence-electron chi connectivity index (χ3n) is 3.27. The first kappa shape index (κ1) is 15.4. The fourth-order valence-electron chi connectivity index (χ4n) is 2.26. The number of rotatable bonds is 5. The number of ether oxygens (including phenoxy) is 1. The topological polar surface area (TPSA) is 88.8 Å². The highest BCUT2D eigenvalue weighted by Gasteiger charge is 2.36. The second kappa shape index (κ2) is 7.11. The van der Waals surface area contributed by atoms with Gasteiger partial charge in [-0.15, -0.1) is 0 Å². The molecule has 21 heavy (non-hydrogen) atoms. The maximum atomic E-state index is 10.9. The summed E-state index contributed by atoms with van der Waals surface area (Å²) in [6.07, 6.45) is -0.252. The average molecular weight is 289 g/mol. The Morgan fingerprint density at radius 3 is 2.67 bits per heavy atom. The summed E-state index contributed by atoms with van der Waals surface area (Å²) in [5, 5.41) is 17.7. The van der Waals surface area contributed by atoms with Crippen molar-refractivity contribution in [2.75, 3.05) is 7.11 Å². The molecule has 0 radical (unpaired) electrons. The van der Waals surface area contributed by atoms with Crippen molar-refractivity contribution in [1.82, 2.24) is 0 Å². The van der Waals surface area contributed by atoms with Gasteiger partial charge in [-0.05, 0) is 24.0 Å². The van der Waals surface area contributed by atoms with Gasteiger partial charge in [0, 0.05) is 0 Å². The molecule has 1 N–H and O–H groups in total. The Labute approximate surface area is 123 Å². The highest BCUT2D eigenvalue weighted by molar-refractivity contribution is 6.61. The van der Waals surface area contributed by atoms with Gasteiger partial charge in [0.05, 0.1) is 38.2 Å². The van der Waals surface area contributed by atoms with E-state index in [0.717, 1.165) is 5.46 Å². The molecule has 0 bridgehead atoms. The number of carboxylic acids is 1. The first-order valence-corrected chi connectivity index (χ1v) is 6.66. The minimum absolute atomic E-state index is 0.0993. The van der Waals surface area contributed by atoms with Gasteiger partial charge in [0.25, 0.3) is 0 Å². The quantitative estimate of drug-likeness (QED) is 0.812. The summed E-state index contributed by atoms with van der Waals surface area (Å²) in [5.74, 6) is -0.212. The van der Waals surface area contributed by atoms with Crippen molar-refractivity contribution < 1.29 is 23.9 Å². The third-order valence-corrected chi connectivity index (χ3v) is 3.27. The van der Waals surface area contributed by atoms with Gasteiger partial charge >= 0.3 is 13.1 Å². The monoisotopic (exact) mass is 289 g/mol. The fourth-order valence-corrected chi connectivity index (χ4v) is 2.26.